The van der Waals surface area contributed by atoms with Crippen LogP contribution >= 0.6 is 31.9 Å². The molecule has 2 aromatic rings. The summed E-state index contributed by atoms with van der Waals surface area (Å²) in [4.78, 5) is 11.5. The first kappa shape index (κ1) is 15.2. The minimum atomic E-state index is -0.899. The van der Waals surface area contributed by atoms with Crippen LogP contribution < -0.4 is 0 Å². The van der Waals surface area contributed by atoms with Crippen LogP contribution in [0.3, 0.4) is 0 Å². The van der Waals surface area contributed by atoms with Gasteiger partial charge < -0.3 is 5.11 Å². The second-order valence-electron chi connectivity index (χ2n) is 4.38. The second kappa shape index (κ2) is 6.50. The van der Waals surface area contributed by atoms with Crippen LogP contribution in [0.25, 0.3) is 0 Å². The van der Waals surface area contributed by atoms with Crippen molar-refractivity contribution < 1.29 is 14.3 Å². The van der Waals surface area contributed by atoms with Gasteiger partial charge in [0.25, 0.3) is 0 Å². The third-order valence-electron chi connectivity index (χ3n) is 3.01. The van der Waals surface area contributed by atoms with Gasteiger partial charge in [-0.15, -0.1) is 0 Å². The van der Waals surface area contributed by atoms with Crippen molar-refractivity contribution in [2.45, 2.75) is 12.3 Å². The minimum Gasteiger partial charge on any atom is -0.481 e. The van der Waals surface area contributed by atoms with Crippen molar-refractivity contribution in [2.24, 2.45) is 0 Å². The van der Waals surface area contributed by atoms with Crippen molar-refractivity contribution in [2.75, 3.05) is 0 Å². The van der Waals surface area contributed by atoms with Gasteiger partial charge in [0.05, 0.1) is 5.92 Å². The molecule has 2 aromatic carbocycles. The van der Waals surface area contributed by atoms with E-state index in [2.05, 4.69) is 31.9 Å². The van der Waals surface area contributed by atoms with Crippen LogP contribution in [0.2, 0.25) is 0 Å². The molecular weight excluding hydrogens is 391 g/mol. The third kappa shape index (κ3) is 3.67. The van der Waals surface area contributed by atoms with Gasteiger partial charge in [0.1, 0.15) is 5.82 Å². The molecule has 0 aliphatic heterocycles. The smallest absolute Gasteiger partial charge is 0.311 e. The van der Waals surface area contributed by atoms with Crippen LogP contribution in [0, 0.1) is 5.82 Å². The predicted octanol–water partition coefficient (Wildman–Crippen LogP) is 4.76. The first-order chi connectivity index (χ1) is 9.47. The molecule has 0 amide bonds. The highest BCUT2D eigenvalue weighted by atomic mass is 79.9. The number of aliphatic carboxylic acids is 1. The Hall–Kier alpha value is -1.20. The Labute approximate surface area is 132 Å². The average Bonchev–Trinajstić information content (AvgIpc) is 2.39. The lowest BCUT2D eigenvalue weighted by Crippen LogP contribution is -2.14. The molecule has 0 fully saturated rings. The van der Waals surface area contributed by atoms with Gasteiger partial charge in [-0.3, -0.25) is 4.79 Å². The molecule has 104 valence electrons. The van der Waals surface area contributed by atoms with Gasteiger partial charge in [0.2, 0.25) is 0 Å². The summed E-state index contributed by atoms with van der Waals surface area (Å²) in [6, 6.07) is 11.5. The second-order valence-corrected chi connectivity index (χ2v) is 6.15. The maximum Gasteiger partial charge on any atom is 0.311 e. The Morgan fingerprint density at radius 3 is 2.35 bits per heavy atom. The molecule has 0 heterocycles. The van der Waals surface area contributed by atoms with E-state index in [-0.39, 0.29) is 5.82 Å². The lowest BCUT2D eigenvalue weighted by atomic mass is 9.92. The van der Waals surface area contributed by atoms with Crippen LogP contribution in [0.4, 0.5) is 4.39 Å². The highest BCUT2D eigenvalue weighted by molar-refractivity contribution is 9.10. The molecule has 0 aromatic heterocycles. The number of rotatable bonds is 4. The van der Waals surface area contributed by atoms with Crippen molar-refractivity contribution in [1.82, 2.24) is 0 Å². The Morgan fingerprint density at radius 1 is 1.15 bits per heavy atom. The van der Waals surface area contributed by atoms with Gasteiger partial charge in [0.15, 0.2) is 0 Å². The molecule has 1 atom stereocenters. The monoisotopic (exact) mass is 400 g/mol. The van der Waals surface area contributed by atoms with Crippen molar-refractivity contribution in [3.05, 3.63) is 68.4 Å². The fourth-order valence-electron chi connectivity index (χ4n) is 1.95. The molecule has 2 rings (SSSR count). The molecule has 1 N–H and O–H groups in total. The zero-order valence-electron chi connectivity index (χ0n) is 10.3. The van der Waals surface area contributed by atoms with Crippen LogP contribution in [0.5, 0.6) is 0 Å². The van der Waals surface area contributed by atoms with Crippen molar-refractivity contribution in [3.8, 4) is 0 Å². The minimum absolute atomic E-state index is 0.303. The van der Waals surface area contributed by atoms with Gasteiger partial charge in [-0.2, -0.15) is 0 Å². The number of halogens is 3. The Kier molecular flexibility index (Phi) is 4.94. The summed E-state index contributed by atoms with van der Waals surface area (Å²) in [7, 11) is 0. The average molecular weight is 402 g/mol. The third-order valence-corrected chi connectivity index (χ3v) is 4.28. The summed E-state index contributed by atoms with van der Waals surface area (Å²) in [6.07, 6.45) is 0.303. The predicted molar refractivity (Wildman–Crippen MR) is 82.3 cm³/mol. The lowest BCUT2D eigenvalue weighted by Gasteiger charge is -2.14. The maximum atomic E-state index is 13.1. The summed E-state index contributed by atoms with van der Waals surface area (Å²) in [5, 5.41) is 9.40. The normalized spacial score (nSPS) is 12.2. The van der Waals surface area contributed by atoms with Crippen LogP contribution in [-0.2, 0) is 11.2 Å². The summed E-state index contributed by atoms with van der Waals surface area (Å²) in [5.74, 6) is -1.91. The summed E-state index contributed by atoms with van der Waals surface area (Å²) >= 11 is 6.59. The molecule has 0 bridgehead atoms. The number of carboxylic acids is 1. The molecule has 0 spiro atoms. The number of hydrogen-bond donors (Lipinski definition) is 1. The molecule has 0 aliphatic carbocycles. The van der Waals surface area contributed by atoms with E-state index >= 15 is 0 Å². The summed E-state index contributed by atoms with van der Waals surface area (Å²) < 4.78 is 14.5. The molecule has 0 aliphatic rings. The molecule has 5 heteroatoms. The van der Waals surface area contributed by atoms with E-state index < -0.39 is 11.9 Å². The zero-order valence-corrected chi connectivity index (χ0v) is 13.5. The Morgan fingerprint density at radius 2 is 1.80 bits per heavy atom. The van der Waals surface area contributed by atoms with Crippen molar-refractivity contribution in [3.63, 3.8) is 0 Å². The molecule has 2 nitrogen and oxygen atoms in total. The number of carboxylic acid groups (broad SMARTS) is 1. The summed E-state index contributed by atoms with van der Waals surface area (Å²) in [5.41, 5.74) is 1.48. The largest absolute Gasteiger partial charge is 0.481 e. The summed E-state index contributed by atoms with van der Waals surface area (Å²) in [6.45, 7) is 0. The van der Waals surface area contributed by atoms with Gasteiger partial charge >= 0.3 is 5.97 Å². The SMILES string of the molecule is O=C(O)C(Cc1ccc(F)cc1Br)c1ccc(Br)cc1. The lowest BCUT2D eigenvalue weighted by molar-refractivity contribution is -0.138. The van der Waals surface area contributed by atoms with Gasteiger partial charge in [-0.1, -0.05) is 50.1 Å². The topological polar surface area (TPSA) is 37.3 Å². The fourth-order valence-corrected chi connectivity index (χ4v) is 2.73. The van der Waals surface area contributed by atoms with Crippen LogP contribution in [0.1, 0.15) is 17.0 Å². The van der Waals surface area contributed by atoms with Crippen LogP contribution in [0.15, 0.2) is 51.4 Å². The van der Waals surface area contributed by atoms with Gasteiger partial charge in [0, 0.05) is 8.95 Å². The highest BCUT2D eigenvalue weighted by Gasteiger charge is 2.21. The fraction of sp³-hybridized carbons (Fsp3) is 0.133. The molecule has 20 heavy (non-hydrogen) atoms. The van der Waals surface area contributed by atoms with E-state index in [9.17, 15) is 14.3 Å². The first-order valence-electron chi connectivity index (χ1n) is 5.89. The maximum absolute atomic E-state index is 13.1. The van der Waals surface area contributed by atoms with Crippen LogP contribution in [-0.4, -0.2) is 11.1 Å². The van der Waals surface area contributed by atoms with Crippen molar-refractivity contribution in [1.29, 1.82) is 0 Å². The first-order valence-corrected chi connectivity index (χ1v) is 7.48. The Bertz CT molecular complexity index is 626. The van der Waals surface area contributed by atoms with E-state index in [1.165, 1.54) is 12.1 Å². The molecule has 0 saturated heterocycles. The van der Waals surface area contributed by atoms with E-state index in [4.69, 9.17) is 0 Å². The quantitative estimate of drug-likeness (QED) is 0.801. The van der Waals surface area contributed by atoms with E-state index in [0.29, 0.717) is 10.9 Å². The standard InChI is InChI=1S/C15H11Br2FO2/c16-11-4-1-9(2-5-11)13(15(19)20)7-10-3-6-12(18)8-14(10)17/h1-6,8,13H,7H2,(H,19,20). The van der Waals surface area contributed by atoms with E-state index in [1.807, 2.05) is 12.1 Å². The van der Waals surface area contributed by atoms with Gasteiger partial charge in [-0.25, -0.2) is 4.39 Å². The number of hydrogen-bond acceptors (Lipinski definition) is 1. The molecule has 1 unspecified atom stereocenters. The zero-order chi connectivity index (χ0) is 14.7. The number of benzene rings is 2. The van der Waals surface area contributed by atoms with Gasteiger partial charge in [-0.05, 0) is 41.8 Å². The Balaban J connectivity index is 2.30. The molecule has 0 radical (unpaired) electrons. The van der Waals surface area contributed by atoms with E-state index in [0.717, 1.165) is 15.6 Å². The number of carbonyl (C=O) groups is 1. The van der Waals surface area contributed by atoms with E-state index in [1.54, 1.807) is 18.2 Å². The molecule has 0 saturated carbocycles. The van der Waals surface area contributed by atoms with Crippen molar-refractivity contribution >= 4 is 37.8 Å². The molecular formula is C15H11Br2FO2. The highest BCUT2D eigenvalue weighted by Crippen LogP contribution is 2.27.